The Morgan fingerprint density at radius 2 is 2.36 bits per heavy atom. The molecule has 0 aromatic carbocycles. The first-order valence-corrected chi connectivity index (χ1v) is 5.05. The monoisotopic (exact) mass is 202 g/mol. The molecule has 1 rings (SSSR count). The van der Waals surface area contributed by atoms with Gasteiger partial charge < -0.3 is 14.2 Å². The Labute approximate surface area is 84.5 Å². The fourth-order valence-corrected chi connectivity index (χ4v) is 1.36. The van der Waals surface area contributed by atoms with Gasteiger partial charge in [-0.1, -0.05) is 0 Å². The lowest BCUT2D eigenvalue weighted by molar-refractivity contribution is -0.175. The normalized spacial score (nSPS) is 24.3. The predicted octanol–water partition coefficient (Wildman–Crippen LogP) is 1.34. The van der Waals surface area contributed by atoms with Crippen molar-refractivity contribution in [3.8, 4) is 0 Å². The van der Waals surface area contributed by atoms with E-state index in [1.165, 1.54) is 7.11 Å². The molecule has 0 saturated carbocycles. The summed E-state index contributed by atoms with van der Waals surface area (Å²) >= 11 is 0. The zero-order chi connectivity index (χ0) is 10.4. The molecule has 4 nitrogen and oxygen atoms in total. The van der Waals surface area contributed by atoms with Gasteiger partial charge in [-0.15, -0.1) is 0 Å². The molecule has 1 heterocycles. The van der Waals surface area contributed by atoms with Crippen LogP contribution in [0.3, 0.4) is 0 Å². The number of hydrogen-bond acceptors (Lipinski definition) is 4. The van der Waals surface area contributed by atoms with Crippen LogP contribution in [0.1, 0.15) is 26.2 Å². The summed E-state index contributed by atoms with van der Waals surface area (Å²) in [6.07, 6.45) is 3.04. The maximum Gasteiger partial charge on any atom is 0.310 e. The van der Waals surface area contributed by atoms with E-state index in [9.17, 15) is 4.79 Å². The van der Waals surface area contributed by atoms with Gasteiger partial charge in [-0.2, -0.15) is 0 Å². The molecule has 1 unspecified atom stereocenters. The van der Waals surface area contributed by atoms with Crippen molar-refractivity contribution < 1.29 is 19.0 Å². The van der Waals surface area contributed by atoms with Crippen molar-refractivity contribution in [2.75, 3.05) is 20.3 Å². The van der Waals surface area contributed by atoms with E-state index in [0.29, 0.717) is 6.61 Å². The largest absolute Gasteiger partial charge is 0.469 e. The Kier molecular flexibility index (Phi) is 4.90. The number of hydrogen-bond donors (Lipinski definition) is 0. The van der Waals surface area contributed by atoms with Gasteiger partial charge >= 0.3 is 5.97 Å². The minimum Gasteiger partial charge on any atom is -0.469 e. The van der Waals surface area contributed by atoms with E-state index in [0.717, 1.165) is 25.9 Å². The van der Waals surface area contributed by atoms with E-state index in [1.54, 1.807) is 6.92 Å². The van der Waals surface area contributed by atoms with Gasteiger partial charge in [0.15, 0.2) is 6.29 Å². The van der Waals surface area contributed by atoms with Gasteiger partial charge in [0, 0.05) is 6.61 Å². The Hall–Kier alpha value is -0.610. The third kappa shape index (κ3) is 3.64. The maximum atomic E-state index is 11.0. The Bertz CT molecular complexity index is 175. The van der Waals surface area contributed by atoms with Crippen molar-refractivity contribution in [3.05, 3.63) is 0 Å². The number of methoxy groups -OCH3 is 1. The zero-order valence-corrected chi connectivity index (χ0v) is 8.82. The first-order chi connectivity index (χ1) is 6.74. The molecule has 0 radical (unpaired) electrons. The minimum atomic E-state index is -0.235. The van der Waals surface area contributed by atoms with Crippen LogP contribution in [0.5, 0.6) is 0 Å². The van der Waals surface area contributed by atoms with Crippen LogP contribution in [0.2, 0.25) is 0 Å². The summed E-state index contributed by atoms with van der Waals surface area (Å²) in [5, 5.41) is 0. The summed E-state index contributed by atoms with van der Waals surface area (Å²) < 4.78 is 15.4. The average molecular weight is 202 g/mol. The molecule has 0 N–H and O–H groups in total. The summed E-state index contributed by atoms with van der Waals surface area (Å²) in [6, 6.07) is 0. The fourth-order valence-electron chi connectivity index (χ4n) is 1.36. The minimum absolute atomic E-state index is 0.129. The molecule has 1 aliphatic heterocycles. The van der Waals surface area contributed by atoms with Crippen LogP contribution in [-0.4, -0.2) is 32.6 Å². The lowest BCUT2D eigenvalue weighted by Gasteiger charge is -2.23. The number of carbonyl (C=O) groups excluding carboxylic acids is 1. The molecule has 82 valence electrons. The molecule has 0 aromatic heterocycles. The molecule has 1 fully saturated rings. The molecule has 4 heteroatoms. The summed E-state index contributed by atoms with van der Waals surface area (Å²) in [7, 11) is 1.38. The van der Waals surface area contributed by atoms with E-state index < -0.39 is 0 Å². The van der Waals surface area contributed by atoms with Crippen molar-refractivity contribution in [2.24, 2.45) is 5.92 Å². The third-order valence-corrected chi connectivity index (χ3v) is 2.27. The molecule has 1 aliphatic rings. The second-order valence-electron chi connectivity index (χ2n) is 3.55. The van der Waals surface area contributed by atoms with Crippen LogP contribution in [-0.2, 0) is 19.0 Å². The van der Waals surface area contributed by atoms with Crippen molar-refractivity contribution in [1.29, 1.82) is 0 Å². The third-order valence-electron chi connectivity index (χ3n) is 2.27. The molecule has 1 saturated heterocycles. The summed E-state index contributed by atoms with van der Waals surface area (Å²) in [4.78, 5) is 11.0. The Morgan fingerprint density at radius 1 is 1.57 bits per heavy atom. The first-order valence-electron chi connectivity index (χ1n) is 5.05. The number of esters is 1. The summed E-state index contributed by atoms with van der Waals surface area (Å²) in [5.41, 5.74) is 0. The Morgan fingerprint density at radius 3 is 2.93 bits per heavy atom. The SMILES string of the molecule is COC(=O)[C@H](C)COC1CCCCO1. The molecule has 0 amide bonds. The quantitative estimate of drug-likeness (QED) is 0.645. The summed E-state index contributed by atoms with van der Waals surface area (Å²) in [5.74, 6) is -0.452. The number of carbonyl (C=O) groups is 1. The predicted molar refractivity (Wildman–Crippen MR) is 50.7 cm³/mol. The van der Waals surface area contributed by atoms with Crippen LogP contribution < -0.4 is 0 Å². The van der Waals surface area contributed by atoms with Crippen LogP contribution in [0, 0.1) is 5.92 Å². The van der Waals surface area contributed by atoms with Crippen molar-refractivity contribution in [3.63, 3.8) is 0 Å². The lowest BCUT2D eigenvalue weighted by atomic mass is 10.2. The highest BCUT2D eigenvalue weighted by Crippen LogP contribution is 2.14. The highest BCUT2D eigenvalue weighted by Gasteiger charge is 2.18. The van der Waals surface area contributed by atoms with Gasteiger partial charge in [0.25, 0.3) is 0 Å². The summed E-state index contributed by atoms with van der Waals surface area (Å²) in [6.45, 7) is 2.92. The van der Waals surface area contributed by atoms with Crippen molar-refractivity contribution in [1.82, 2.24) is 0 Å². The van der Waals surface area contributed by atoms with Crippen LogP contribution in [0.15, 0.2) is 0 Å². The molecule has 14 heavy (non-hydrogen) atoms. The van der Waals surface area contributed by atoms with E-state index in [1.807, 2.05) is 0 Å². The number of ether oxygens (including phenoxy) is 3. The van der Waals surface area contributed by atoms with Crippen molar-refractivity contribution >= 4 is 5.97 Å². The van der Waals surface area contributed by atoms with E-state index >= 15 is 0 Å². The highest BCUT2D eigenvalue weighted by molar-refractivity contribution is 5.71. The van der Waals surface area contributed by atoms with E-state index in [2.05, 4.69) is 4.74 Å². The smallest absolute Gasteiger partial charge is 0.310 e. The van der Waals surface area contributed by atoms with E-state index in [-0.39, 0.29) is 18.2 Å². The Balaban J connectivity index is 2.15. The molecule has 0 aromatic rings. The van der Waals surface area contributed by atoms with E-state index in [4.69, 9.17) is 9.47 Å². The van der Waals surface area contributed by atoms with Gasteiger partial charge in [0.1, 0.15) is 0 Å². The van der Waals surface area contributed by atoms with Gasteiger partial charge in [0.2, 0.25) is 0 Å². The maximum absolute atomic E-state index is 11.0. The van der Waals surface area contributed by atoms with Crippen molar-refractivity contribution in [2.45, 2.75) is 32.5 Å². The van der Waals surface area contributed by atoms with Crippen LogP contribution >= 0.6 is 0 Å². The lowest BCUT2D eigenvalue weighted by Crippen LogP contribution is -2.27. The zero-order valence-electron chi connectivity index (χ0n) is 8.82. The molecule has 2 atom stereocenters. The van der Waals surface area contributed by atoms with Crippen LogP contribution in [0.25, 0.3) is 0 Å². The van der Waals surface area contributed by atoms with Gasteiger partial charge in [-0.3, -0.25) is 4.79 Å². The van der Waals surface area contributed by atoms with Gasteiger partial charge in [0.05, 0.1) is 19.6 Å². The molecule has 0 spiro atoms. The fraction of sp³-hybridized carbons (Fsp3) is 0.900. The highest BCUT2D eigenvalue weighted by atomic mass is 16.7. The average Bonchev–Trinajstić information content (AvgIpc) is 2.26. The topological polar surface area (TPSA) is 44.8 Å². The molecular weight excluding hydrogens is 184 g/mol. The second-order valence-corrected chi connectivity index (χ2v) is 3.55. The molecule has 0 bridgehead atoms. The molecular formula is C10H18O4. The molecule has 0 aliphatic carbocycles. The standard InChI is InChI=1S/C10H18O4/c1-8(10(11)12-2)7-14-9-5-3-4-6-13-9/h8-9H,3-7H2,1-2H3/t8-,9?/m1/s1. The first kappa shape index (κ1) is 11.5. The number of rotatable bonds is 4. The van der Waals surface area contributed by atoms with Crippen LogP contribution in [0.4, 0.5) is 0 Å². The second kappa shape index (κ2) is 5.98. The van der Waals surface area contributed by atoms with Gasteiger partial charge in [-0.25, -0.2) is 0 Å². The van der Waals surface area contributed by atoms with Gasteiger partial charge in [-0.05, 0) is 26.2 Å².